The largest absolute Gasteiger partial charge is 0.573 e. The maximum absolute atomic E-state index is 13.2. The summed E-state index contributed by atoms with van der Waals surface area (Å²) >= 11 is 6.08. The second kappa shape index (κ2) is 9.58. The van der Waals surface area contributed by atoms with Crippen LogP contribution in [-0.2, 0) is 9.59 Å². The highest BCUT2D eigenvalue weighted by Crippen LogP contribution is 2.43. The van der Waals surface area contributed by atoms with Gasteiger partial charge in [0.25, 0.3) is 11.7 Å². The molecule has 3 aromatic carbocycles. The molecule has 0 aromatic heterocycles. The Morgan fingerprint density at radius 1 is 1.03 bits per heavy atom. The number of rotatable bonds is 5. The Bertz CT molecular complexity index is 1370. The molecule has 0 aliphatic carbocycles. The predicted octanol–water partition coefficient (Wildman–Crippen LogP) is 6.18. The number of Topliss-reactive ketones (excluding diaryl/α,β-unsaturated/α-hetero) is 1. The van der Waals surface area contributed by atoms with Crippen molar-refractivity contribution in [2.45, 2.75) is 19.3 Å². The third kappa shape index (κ3) is 4.87. The van der Waals surface area contributed by atoms with Crippen LogP contribution < -0.4 is 14.4 Å². The number of amides is 1. The number of aliphatic hydroxyl groups excluding tert-OH is 1. The molecule has 0 saturated carbocycles. The SMILES string of the molecule is COc1cc(/C(O)=C2/C(=O)C(=O)N(c3ccc(OC(F)(F)F)cc3)C2c2cccc(C)c2)ccc1Cl. The van der Waals surface area contributed by atoms with E-state index in [-0.39, 0.29) is 27.6 Å². The van der Waals surface area contributed by atoms with E-state index in [0.29, 0.717) is 5.56 Å². The third-order valence-electron chi connectivity index (χ3n) is 5.58. The maximum Gasteiger partial charge on any atom is 0.573 e. The van der Waals surface area contributed by atoms with Crippen molar-refractivity contribution < 1.29 is 37.3 Å². The Balaban J connectivity index is 1.87. The average molecular weight is 518 g/mol. The number of hydrogen-bond acceptors (Lipinski definition) is 5. The van der Waals surface area contributed by atoms with E-state index in [1.54, 1.807) is 18.2 Å². The van der Waals surface area contributed by atoms with Gasteiger partial charge >= 0.3 is 6.36 Å². The summed E-state index contributed by atoms with van der Waals surface area (Å²) in [4.78, 5) is 27.5. The lowest BCUT2D eigenvalue weighted by molar-refractivity contribution is -0.274. The van der Waals surface area contributed by atoms with Crippen molar-refractivity contribution in [1.82, 2.24) is 0 Å². The van der Waals surface area contributed by atoms with Crippen LogP contribution in [0.15, 0.2) is 72.3 Å². The smallest absolute Gasteiger partial charge is 0.507 e. The fourth-order valence-electron chi connectivity index (χ4n) is 4.03. The summed E-state index contributed by atoms with van der Waals surface area (Å²) < 4.78 is 46.8. The Hall–Kier alpha value is -3.98. The summed E-state index contributed by atoms with van der Waals surface area (Å²) in [5.41, 5.74) is 1.50. The van der Waals surface area contributed by atoms with Gasteiger partial charge in [0.15, 0.2) is 0 Å². The molecular formula is C26H19ClF3NO5. The van der Waals surface area contributed by atoms with E-state index in [2.05, 4.69) is 4.74 Å². The molecule has 1 aliphatic heterocycles. The number of anilines is 1. The van der Waals surface area contributed by atoms with Gasteiger partial charge < -0.3 is 14.6 Å². The van der Waals surface area contributed by atoms with Gasteiger partial charge in [-0.2, -0.15) is 0 Å². The number of ketones is 1. The fraction of sp³-hybridized carbons (Fsp3) is 0.154. The zero-order valence-corrected chi connectivity index (χ0v) is 19.7. The topological polar surface area (TPSA) is 76.1 Å². The van der Waals surface area contributed by atoms with Crippen LogP contribution in [0, 0.1) is 6.92 Å². The molecule has 0 spiro atoms. The van der Waals surface area contributed by atoms with Gasteiger partial charge in [-0.1, -0.05) is 41.4 Å². The highest BCUT2D eigenvalue weighted by molar-refractivity contribution is 6.51. The Morgan fingerprint density at radius 3 is 2.33 bits per heavy atom. The molecule has 10 heteroatoms. The summed E-state index contributed by atoms with van der Waals surface area (Å²) in [7, 11) is 1.39. The molecule has 1 unspecified atom stereocenters. The van der Waals surface area contributed by atoms with Crippen LogP contribution in [0.2, 0.25) is 5.02 Å². The molecule has 4 rings (SSSR count). The monoisotopic (exact) mass is 517 g/mol. The van der Waals surface area contributed by atoms with Crippen molar-refractivity contribution >= 4 is 34.7 Å². The van der Waals surface area contributed by atoms with Crippen molar-refractivity contribution in [3.8, 4) is 11.5 Å². The summed E-state index contributed by atoms with van der Waals surface area (Å²) in [6, 6.07) is 14.9. The van der Waals surface area contributed by atoms with Gasteiger partial charge in [-0.15, -0.1) is 13.2 Å². The van der Waals surface area contributed by atoms with Gasteiger partial charge in [0.1, 0.15) is 17.3 Å². The van der Waals surface area contributed by atoms with Gasteiger partial charge in [0, 0.05) is 11.3 Å². The van der Waals surface area contributed by atoms with Crippen molar-refractivity contribution in [2.24, 2.45) is 0 Å². The summed E-state index contributed by atoms with van der Waals surface area (Å²) in [6.07, 6.45) is -4.88. The molecule has 3 aromatic rings. The zero-order chi connectivity index (χ0) is 26.2. The van der Waals surface area contributed by atoms with Crippen LogP contribution in [0.25, 0.3) is 5.76 Å². The first-order valence-corrected chi connectivity index (χ1v) is 10.9. The predicted molar refractivity (Wildman–Crippen MR) is 127 cm³/mol. The number of hydrogen-bond donors (Lipinski definition) is 1. The summed E-state index contributed by atoms with van der Waals surface area (Å²) in [5, 5.41) is 11.5. The van der Waals surface area contributed by atoms with Gasteiger partial charge in [-0.25, -0.2) is 0 Å². The normalized spacial score (nSPS) is 17.4. The number of alkyl halides is 3. The lowest BCUT2D eigenvalue weighted by Crippen LogP contribution is -2.29. The zero-order valence-electron chi connectivity index (χ0n) is 19.0. The molecule has 1 saturated heterocycles. The van der Waals surface area contributed by atoms with Crippen LogP contribution in [-0.4, -0.2) is 30.3 Å². The Labute approximate surface area is 209 Å². The molecule has 1 N–H and O–H groups in total. The number of benzene rings is 3. The van der Waals surface area contributed by atoms with E-state index in [1.165, 1.54) is 37.4 Å². The third-order valence-corrected chi connectivity index (χ3v) is 5.89. The van der Waals surface area contributed by atoms with E-state index in [4.69, 9.17) is 16.3 Å². The number of halogens is 4. The Morgan fingerprint density at radius 2 is 1.72 bits per heavy atom. The standard InChI is InChI=1S/C26H19ClF3NO5/c1-14-4-3-5-15(12-14)22-21(23(32)16-6-11-19(27)20(13-16)35-2)24(33)25(34)31(22)17-7-9-18(10-8-17)36-26(28,29)30/h3-13,22,32H,1-2H3/b23-21-. The highest BCUT2D eigenvalue weighted by Gasteiger charge is 2.47. The number of carbonyl (C=O) groups excluding carboxylic acids is 2. The second-order valence-electron chi connectivity index (χ2n) is 7.97. The molecule has 1 aliphatic rings. The molecule has 6 nitrogen and oxygen atoms in total. The number of nitrogens with zero attached hydrogens (tertiary/aromatic N) is 1. The summed E-state index contributed by atoms with van der Waals surface area (Å²) in [5.74, 6) is -2.59. The van der Waals surface area contributed by atoms with E-state index >= 15 is 0 Å². The number of aryl methyl sites for hydroxylation is 1. The second-order valence-corrected chi connectivity index (χ2v) is 8.38. The molecule has 0 radical (unpaired) electrons. The van der Waals surface area contributed by atoms with Crippen LogP contribution in [0.3, 0.4) is 0 Å². The van der Waals surface area contributed by atoms with Crippen molar-refractivity contribution in [3.05, 3.63) is 94.0 Å². The van der Waals surface area contributed by atoms with E-state index < -0.39 is 35.6 Å². The molecule has 1 heterocycles. The number of ether oxygens (including phenoxy) is 2. The van der Waals surface area contributed by atoms with Crippen LogP contribution in [0.1, 0.15) is 22.7 Å². The van der Waals surface area contributed by atoms with Crippen LogP contribution in [0.4, 0.5) is 18.9 Å². The van der Waals surface area contributed by atoms with Gasteiger partial charge in [0.05, 0.1) is 23.7 Å². The van der Waals surface area contributed by atoms with Crippen molar-refractivity contribution in [3.63, 3.8) is 0 Å². The van der Waals surface area contributed by atoms with Crippen molar-refractivity contribution in [2.75, 3.05) is 12.0 Å². The van der Waals surface area contributed by atoms with E-state index in [0.717, 1.165) is 22.6 Å². The van der Waals surface area contributed by atoms with Crippen molar-refractivity contribution in [1.29, 1.82) is 0 Å². The Kier molecular flexibility index (Phi) is 6.69. The lowest BCUT2D eigenvalue weighted by Gasteiger charge is -2.26. The average Bonchev–Trinajstić information content (AvgIpc) is 3.09. The number of methoxy groups -OCH3 is 1. The molecular weight excluding hydrogens is 499 g/mol. The van der Waals surface area contributed by atoms with Crippen LogP contribution >= 0.6 is 11.6 Å². The number of aliphatic hydroxyl groups is 1. The first kappa shape index (κ1) is 25.1. The minimum Gasteiger partial charge on any atom is -0.507 e. The molecule has 0 bridgehead atoms. The first-order chi connectivity index (χ1) is 17.0. The van der Waals surface area contributed by atoms with Crippen LogP contribution in [0.5, 0.6) is 11.5 Å². The quantitative estimate of drug-likeness (QED) is 0.248. The highest BCUT2D eigenvalue weighted by atomic mass is 35.5. The molecule has 36 heavy (non-hydrogen) atoms. The van der Waals surface area contributed by atoms with Gasteiger partial charge in [-0.3, -0.25) is 14.5 Å². The maximum atomic E-state index is 13.2. The van der Waals surface area contributed by atoms with E-state index in [1.807, 2.05) is 13.0 Å². The molecule has 1 atom stereocenters. The first-order valence-electron chi connectivity index (χ1n) is 10.6. The lowest BCUT2D eigenvalue weighted by atomic mass is 9.94. The molecule has 1 fully saturated rings. The minimum atomic E-state index is -4.88. The minimum absolute atomic E-state index is 0.144. The molecule has 1 amide bonds. The number of carbonyl (C=O) groups is 2. The van der Waals surface area contributed by atoms with E-state index in [9.17, 15) is 27.9 Å². The molecule has 186 valence electrons. The summed E-state index contributed by atoms with van der Waals surface area (Å²) in [6.45, 7) is 1.82. The van der Waals surface area contributed by atoms with Gasteiger partial charge in [0.2, 0.25) is 0 Å². The van der Waals surface area contributed by atoms with Gasteiger partial charge in [-0.05, 0) is 55.0 Å². The fourth-order valence-corrected chi connectivity index (χ4v) is 4.22.